The van der Waals surface area contributed by atoms with Gasteiger partial charge in [-0.1, -0.05) is 18.2 Å². The molecule has 0 saturated carbocycles. The normalized spacial score (nSPS) is 13.3. The van der Waals surface area contributed by atoms with Crippen molar-refractivity contribution >= 4 is 29.6 Å². The maximum absolute atomic E-state index is 13.1. The number of esters is 1. The van der Waals surface area contributed by atoms with Crippen molar-refractivity contribution in [2.45, 2.75) is 38.1 Å². The third-order valence-corrected chi connectivity index (χ3v) is 6.08. The second-order valence-electron chi connectivity index (χ2n) is 8.78. The Labute approximate surface area is 226 Å². The van der Waals surface area contributed by atoms with Crippen LogP contribution in [-0.4, -0.2) is 60.8 Å². The number of halogens is 3. The van der Waals surface area contributed by atoms with E-state index in [1.165, 1.54) is 48.4 Å². The summed E-state index contributed by atoms with van der Waals surface area (Å²) < 4.78 is 49.3. The lowest BCUT2D eigenvalue weighted by Crippen LogP contribution is -2.45. The predicted molar refractivity (Wildman–Crippen MR) is 132 cm³/mol. The molecule has 0 bridgehead atoms. The van der Waals surface area contributed by atoms with E-state index in [-0.39, 0.29) is 49.4 Å². The molecule has 1 unspecified atom stereocenters. The van der Waals surface area contributed by atoms with E-state index in [9.17, 15) is 37.1 Å². The number of hydrogen-bond donors (Lipinski definition) is 3. The number of nitrogens with two attached hydrogens (primary N) is 1. The van der Waals surface area contributed by atoms with Gasteiger partial charge >= 0.3 is 12.1 Å². The van der Waals surface area contributed by atoms with Crippen LogP contribution < -0.4 is 21.1 Å². The average molecular weight is 565 g/mol. The third-order valence-electron chi connectivity index (χ3n) is 6.08. The number of rotatable bonds is 12. The van der Waals surface area contributed by atoms with Gasteiger partial charge in [0.25, 0.3) is 11.8 Å². The lowest BCUT2D eigenvalue weighted by Gasteiger charge is -2.24. The van der Waals surface area contributed by atoms with Gasteiger partial charge in [-0.3, -0.25) is 24.0 Å². The molecule has 0 aromatic heterocycles. The molecule has 4 N–H and O–H groups in total. The highest BCUT2D eigenvalue weighted by molar-refractivity contribution is 6.01. The zero-order valence-corrected chi connectivity index (χ0v) is 21.4. The third kappa shape index (κ3) is 7.71. The monoisotopic (exact) mass is 564 g/mol. The average Bonchev–Trinajstić information content (AvgIpc) is 3.23. The molecule has 0 spiro atoms. The van der Waals surface area contributed by atoms with Crippen LogP contribution in [0.4, 0.5) is 13.2 Å². The molecule has 2 aromatic carbocycles. The zero-order chi connectivity index (χ0) is 29.4. The highest BCUT2D eigenvalue weighted by atomic mass is 19.4. The Morgan fingerprint density at radius 1 is 1.07 bits per heavy atom. The molecule has 11 nitrogen and oxygen atoms in total. The number of methoxy groups -OCH3 is 1. The van der Waals surface area contributed by atoms with Gasteiger partial charge in [0, 0.05) is 25.1 Å². The van der Waals surface area contributed by atoms with Crippen LogP contribution in [0, 0.1) is 0 Å². The van der Waals surface area contributed by atoms with E-state index < -0.39 is 54.0 Å². The van der Waals surface area contributed by atoms with Crippen LogP contribution in [0.5, 0.6) is 5.75 Å². The first kappa shape index (κ1) is 29.9. The fourth-order valence-electron chi connectivity index (χ4n) is 4.06. The molecule has 40 heavy (non-hydrogen) atoms. The Hall–Kier alpha value is -4.62. The fraction of sp³-hybridized carbons (Fsp3) is 0.346. The Kier molecular flexibility index (Phi) is 9.69. The molecule has 0 fully saturated rings. The Morgan fingerprint density at radius 2 is 1.80 bits per heavy atom. The highest BCUT2D eigenvalue weighted by Crippen LogP contribution is 2.32. The number of fused-ring (bicyclic) bond motifs is 1. The molecule has 1 heterocycles. The quantitative estimate of drug-likeness (QED) is 0.328. The SMILES string of the molecule is COC(=O)CNC(=O)CCC(C(N)=O)N1Cc2cc(OCC(=O)NCc3ccccc3C(F)(F)F)ccc2C1=O. The van der Waals surface area contributed by atoms with E-state index in [2.05, 4.69) is 15.4 Å². The topological polar surface area (TPSA) is 157 Å². The van der Waals surface area contributed by atoms with Gasteiger partial charge in [-0.05, 0) is 41.8 Å². The van der Waals surface area contributed by atoms with Crippen molar-refractivity contribution in [3.05, 3.63) is 64.7 Å². The van der Waals surface area contributed by atoms with E-state index >= 15 is 0 Å². The first-order valence-electron chi connectivity index (χ1n) is 12.0. The number of ether oxygens (including phenoxy) is 2. The molecular weight excluding hydrogens is 537 g/mol. The zero-order valence-electron chi connectivity index (χ0n) is 21.4. The van der Waals surface area contributed by atoms with Crippen molar-refractivity contribution in [1.82, 2.24) is 15.5 Å². The number of benzene rings is 2. The van der Waals surface area contributed by atoms with Gasteiger partial charge in [-0.25, -0.2) is 0 Å². The van der Waals surface area contributed by atoms with Crippen LogP contribution in [0.15, 0.2) is 42.5 Å². The molecule has 214 valence electrons. The van der Waals surface area contributed by atoms with Gasteiger partial charge in [-0.15, -0.1) is 0 Å². The highest BCUT2D eigenvalue weighted by Gasteiger charge is 2.36. The number of carbonyl (C=O) groups is 5. The summed E-state index contributed by atoms with van der Waals surface area (Å²) in [5.74, 6) is -2.92. The van der Waals surface area contributed by atoms with Gasteiger partial charge < -0.3 is 30.7 Å². The smallest absolute Gasteiger partial charge is 0.416 e. The summed E-state index contributed by atoms with van der Waals surface area (Å²) in [6.45, 7) is -1.19. The van der Waals surface area contributed by atoms with Crippen LogP contribution in [0.1, 0.15) is 39.9 Å². The van der Waals surface area contributed by atoms with Gasteiger partial charge in [-0.2, -0.15) is 13.2 Å². The van der Waals surface area contributed by atoms with E-state index in [1.54, 1.807) is 0 Å². The standard InChI is InChI=1S/C26H27F3N4O7/c1-39-23(36)12-32-21(34)9-8-20(24(30)37)33-13-16-10-17(6-7-18(16)25(33)38)40-14-22(35)31-11-15-4-2-3-5-19(15)26(27,28)29/h2-7,10,20H,8-9,11-14H2,1H3,(H2,30,37)(H,31,35)(H,32,34). The molecule has 2 aromatic rings. The maximum atomic E-state index is 13.1. The molecule has 14 heteroatoms. The second kappa shape index (κ2) is 13.0. The lowest BCUT2D eigenvalue weighted by molar-refractivity contribution is -0.141. The largest absolute Gasteiger partial charge is 0.484 e. The summed E-state index contributed by atoms with van der Waals surface area (Å²) >= 11 is 0. The number of primary amides is 1. The number of carbonyl (C=O) groups excluding carboxylic acids is 5. The summed E-state index contributed by atoms with van der Waals surface area (Å²) in [4.78, 5) is 61.5. The first-order chi connectivity index (χ1) is 18.9. The van der Waals surface area contributed by atoms with Crippen molar-refractivity contribution in [2.75, 3.05) is 20.3 Å². The first-order valence-corrected chi connectivity index (χ1v) is 12.0. The number of nitrogens with zero attached hydrogens (tertiary/aromatic N) is 1. The van der Waals surface area contributed by atoms with Gasteiger partial charge in [0.15, 0.2) is 6.61 Å². The Balaban J connectivity index is 1.56. The minimum atomic E-state index is -4.56. The van der Waals surface area contributed by atoms with Gasteiger partial charge in [0.2, 0.25) is 11.8 Å². The number of amides is 4. The molecule has 3 rings (SSSR count). The van der Waals surface area contributed by atoms with E-state index in [1.807, 2.05) is 0 Å². The van der Waals surface area contributed by atoms with Crippen molar-refractivity contribution in [2.24, 2.45) is 5.73 Å². The van der Waals surface area contributed by atoms with Crippen molar-refractivity contribution < 1.29 is 46.6 Å². The minimum absolute atomic E-state index is 0.0107. The Morgan fingerprint density at radius 3 is 2.48 bits per heavy atom. The van der Waals surface area contributed by atoms with E-state index in [0.717, 1.165) is 6.07 Å². The van der Waals surface area contributed by atoms with Crippen molar-refractivity contribution in [3.8, 4) is 5.75 Å². The second-order valence-corrected chi connectivity index (χ2v) is 8.78. The lowest BCUT2D eigenvalue weighted by atomic mass is 10.1. The summed E-state index contributed by atoms with van der Waals surface area (Å²) in [6, 6.07) is 8.17. The van der Waals surface area contributed by atoms with Crippen LogP contribution in [0.2, 0.25) is 0 Å². The molecule has 1 aliphatic heterocycles. The van der Waals surface area contributed by atoms with Crippen LogP contribution in [0.3, 0.4) is 0 Å². The van der Waals surface area contributed by atoms with Crippen LogP contribution in [0.25, 0.3) is 0 Å². The van der Waals surface area contributed by atoms with Crippen LogP contribution in [-0.2, 0) is 43.2 Å². The molecule has 1 aliphatic rings. The number of alkyl halides is 3. The minimum Gasteiger partial charge on any atom is -0.484 e. The van der Waals surface area contributed by atoms with Gasteiger partial charge in [0.1, 0.15) is 18.3 Å². The summed E-state index contributed by atoms with van der Waals surface area (Å²) in [6.07, 6.45) is -4.82. The predicted octanol–water partition coefficient (Wildman–Crippen LogP) is 1.28. The van der Waals surface area contributed by atoms with E-state index in [4.69, 9.17) is 10.5 Å². The van der Waals surface area contributed by atoms with E-state index in [0.29, 0.717) is 5.56 Å². The van der Waals surface area contributed by atoms with Gasteiger partial charge in [0.05, 0.1) is 12.7 Å². The van der Waals surface area contributed by atoms with Crippen molar-refractivity contribution in [3.63, 3.8) is 0 Å². The molecule has 1 atom stereocenters. The maximum Gasteiger partial charge on any atom is 0.416 e. The molecule has 0 radical (unpaired) electrons. The van der Waals surface area contributed by atoms with Crippen LogP contribution >= 0.6 is 0 Å². The Bertz CT molecular complexity index is 1300. The number of hydrogen-bond acceptors (Lipinski definition) is 7. The number of nitrogens with one attached hydrogen (secondary N) is 2. The fourth-order valence-corrected chi connectivity index (χ4v) is 4.06. The summed E-state index contributed by atoms with van der Waals surface area (Å²) in [5, 5.41) is 4.72. The molecular formula is C26H27F3N4O7. The summed E-state index contributed by atoms with van der Waals surface area (Å²) in [7, 11) is 1.17. The molecule has 0 aliphatic carbocycles. The summed E-state index contributed by atoms with van der Waals surface area (Å²) in [5.41, 5.74) is 5.32. The van der Waals surface area contributed by atoms with Crippen molar-refractivity contribution in [1.29, 1.82) is 0 Å². The molecule has 4 amide bonds. The molecule has 0 saturated heterocycles.